The summed E-state index contributed by atoms with van der Waals surface area (Å²) in [4.78, 5) is 0. The Hall–Kier alpha value is -1.04. The minimum atomic E-state index is 1.16. The van der Waals surface area contributed by atoms with E-state index in [1.165, 1.54) is 36.0 Å². The molecule has 0 fully saturated rings. The van der Waals surface area contributed by atoms with Crippen LogP contribution in [0.3, 0.4) is 0 Å². The average Bonchev–Trinajstić information content (AvgIpc) is 2.37. The highest BCUT2D eigenvalue weighted by atomic mass is 14.1. The van der Waals surface area contributed by atoms with Gasteiger partial charge in [0.15, 0.2) is 0 Å². The molecule has 0 aromatic heterocycles. The Bertz CT molecular complexity index is 311. The summed E-state index contributed by atoms with van der Waals surface area (Å²) in [7, 11) is 0. The minimum Gasteiger partial charge on any atom is -0.0874 e. The monoisotopic (exact) mass is 232 g/mol. The van der Waals surface area contributed by atoms with E-state index in [1.807, 2.05) is 13.8 Å². The standard InChI is InChI=1S/C15H22.C2H6/c1-4-7-14(5-2)10-11-15-9-6-8-13(3)12-15;1-2/h4-5,7,9,12H,6,8,10-11H2,1-3H3;1-2H3/b7-4-,14-5+;. The normalized spacial score (nSPS) is 16.2. The van der Waals surface area contributed by atoms with Crippen LogP contribution in [0.25, 0.3) is 0 Å². The minimum absolute atomic E-state index is 1.16. The van der Waals surface area contributed by atoms with Gasteiger partial charge < -0.3 is 0 Å². The Kier molecular flexibility index (Phi) is 9.52. The van der Waals surface area contributed by atoms with Gasteiger partial charge in [-0.05, 0) is 46.5 Å². The van der Waals surface area contributed by atoms with Crippen molar-refractivity contribution >= 4 is 0 Å². The van der Waals surface area contributed by atoms with E-state index in [1.54, 1.807) is 0 Å². The second kappa shape index (κ2) is 10.1. The molecule has 1 rings (SSSR count). The van der Waals surface area contributed by atoms with Gasteiger partial charge in [-0.2, -0.15) is 0 Å². The van der Waals surface area contributed by atoms with Crippen molar-refractivity contribution in [2.75, 3.05) is 0 Å². The van der Waals surface area contributed by atoms with Gasteiger partial charge in [0.05, 0.1) is 0 Å². The first kappa shape index (κ1) is 16.0. The van der Waals surface area contributed by atoms with Crippen LogP contribution in [0.1, 0.15) is 60.3 Å². The molecule has 0 aliphatic heterocycles. The van der Waals surface area contributed by atoms with Crippen LogP contribution < -0.4 is 0 Å². The molecule has 0 spiro atoms. The number of hydrogen-bond acceptors (Lipinski definition) is 0. The van der Waals surface area contributed by atoms with Gasteiger partial charge in [-0.25, -0.2) is 0 Å². The maximum absolute atomic E-state index is 2.38. The molecule has 0 amide bonds. The van der Waals surface area contributed by atoms with E-state index < -0.39 is 0 Å². The van der Waals surface area contributed by atoms with Gasteiger partial charge >= 0.3 is 0 Å². The molecule has 0 bridgehead atoms. The molecule has 0 radical (unpaired) electrons. The largest absolute Gasteiger partial charge is 0.0874 e. The zero-order valence-electron chi connectivity index (χ0n) is 12.2. The van der Waals surface area contributed by atoms with Crippen molar-refractivity contribution in [2.45, 2.75) is 60.3 Å². The fourth-order valence-electron chi connectivity index (χ4n) is 1.93. The second-order valence-electron chi connectivity index (χ2n) is 4.17. The second-order valence-corrected chi connectivity index (χ2v) is 4.17. The van der Waals surface area contributed by atoms with Crippen molar-refractivity contribution in [1.29, 1.82) is 0 Å². The first-order valence-corrected chi connectivity index (χ1v) is 6.90. The fraction of sp³-hybridized carbons (Fsp3) is 0.529. The summed E-state index contributed by atoms with van der Waals surface area (Å²) in [5.41, 5.74) is 4.48. The molecule has 0 saturated heterocycles. The van der Waals surface area contributed by atoms with Crippen LogP contribution >= 0.6 is 0 Å². The summed E-state index contributed by atoms with van der Waals surface area (Å²) in [6, 6.07) is 0. The molecular weight excluding hydrogens is 204 g/mol. The first-order valence-electron chi connectivity index (χ1n) is 6.90. The van der Waals surface area contributed by atoms with E-state index in [9.17, 15) is 0 Å². The molecule has 0 aromatic carbocycles. The smallest absolute Gasteiger partial charge is 0.0242 e. The van der Waals surface area contributed by atoms with E-state index in [0.717, 1.165) is 6.42 Å². The molecule has 1 aliphatic rings. The molecule has 1 aliphatic carbocycles. The molecule has 0 aromatic rings. The van der Waals surface area contributed by atoms with Crippen molar-refractivity contribution in [2.24, 2.45) is 0 Å². The van der Waals surface area contributed by atoms with Gasteiger partial charge in [0, 0.05) is 0 Å². The molecule has 96 valence electrons. The Morgan fingerprint density at radius 1 is 1.29 bits per heavy atom. The van der Waals surface area contributed by atoms with Crippen LogP contribution in [-0.4, -0.2) is 0 Å². The van der Waals surface area contributed by atoms with Crippen LogP contribution in [0, 0.1) is 0 Å². The van der Waals surface area contributed by atoms with Crippen LogP contribution in [0.2, 0.25) is 0 Å². The average molecular weight is 232 g/mol. The summed E-state index contributed by atoms with van der Waals surface area (Å²) in [5, 5.41) is 0. The topological polar surface area (TPSA) is 0 Å². The van der Waals surface area contributed by atoms with E-state index >= 15 is 0 Å². The van der Waals surface area contributed by atoms with Crippen molar-refractivity contribution < 1.29 is 0 Å². The van der Waals surface area contributed by atoms with E-state index in [-0.39, 0.29) is 0 Å². The first-order chi connectivity index (χ1) is 8.26. The summed E-state index contributed by atoms with van der Waals surface area (Å²) >= 11 is 0. The zero-order valence-corrected chi connectivity index (χ0v) is 12.2. The summed E-state index contributed by atoms with van der Waals surface area (Å²) in [5.74, 6) is 0. The predicted molar refractivity (Wildman–Crippen MR) is 80.2 cm³/mol. The number of rotatable bonds is 4. The maximum Gasteiger partial charge on any atom is -0.0242 e. The summed E-state index contributed by atoms with van der Waals surface area (Å²) in [6.07, 6.45) is 16.1. The predicted octanol–water partition coefficient (Wildman–Crippen LogP) is 5.98. The van der Waals surface area contributed by atoms with Crippen molar-refractivity contribution in [3.63, 3.8) is 0 Å². The highest BCUT2D eigenvalue weighted by Crippen LogP contribution is 2.22. The molecular formula is C17H28. The molecule has 0 atom stereocenters. The summed E-state index contributed by atoms with van der Waals surface area (Å²) in [6.45, 7) is 10.4. The highest BCUT2D eigenvalue weighted by molar-refractivity contribution is 5.28. The third kappa shape index (κ3) is 6.99. The van der Waals surface area contributed by atoms with Crippen molar-refractivity contribution in [3.05, 3.63) is 47.1 Å². The van der Waals surface area contributed by atoms with Crippen LogP contribution in [0.5, 0.6) is 0 Å². The molecule has 0 N–H and O–H groups in total. The molecule has 0 heteroatoms. The van der Waals surface area contributed by atoms with Crippen LogP contribution in [-0.2, 0) is 0 Å². The lowest BCUT2D eigenvalue weighted by atomic mass is 9.96. The van der Waals surface area contributed by atoms with Gasteiger partial charge in [0.25, 0.3) is 0 Å². The van der Waals surface area contributed by atoms with Gasteiger partial charge in [-0.15, -0.1) is 0 Å². The maximum atomic E-state index is 2.38. The van der Waals surface area contributed by atoms with Crippen LogP contribution in [0.15, 0.2) is 47.1 Å². The van der Waals surface area contributed by atoms with E-state index in [2.05, 4.69) is 51.2 Å². The number of hydrogen-bond donors (Lipinski definition) is 0. The Labute approximate surface area is 108 Å². The van der Waals surface area contributed by atoms with E-state index in [0.29, 0.717) is 0 Å². The van der Waals surface area contributed by atoms with Crippen molar-refractivity contribution in [1.82, 2.24) is 0 Å². The fourth-order valence-corrected chi connectivity index (χ4v) is 1.93. The lowest BCUT2D eigenvalue weighted by Gasteiger charge is -2.10. The van der Waals surface area contributed by atoms with E-state index in [4.69, 9.17) is 0 Å². The Balaban J connectivity index is 0.00000121. The highest BCUT2D eigenvalue weighted by Gasteiger charge is 2.02. The molecule has 0 saturated carbocycles. The van der Waals surface area contributed by atoms with Crippen LogP contribution in [0.4, 0.5) is 0 Å². The lowest BCUT2D eigenvalue weighted by Crippen LogP contribution is -1.90. The number of allylic oxidation sites excluding steroid dienone is 8. The molecule has 0 heterocycles. The zero-order chi connectivity index (χ0) is 13.1. The lowest BCUT2D eigenvalue weighted by molar-refractivity contribution is 0.890. The molecule has 17 heavy (non-hydrogen) atoms. The Morgan fingerprint density at radius 2 is 2.00 bits per heavy atom. The quantitative estimate of drug-likeness (QED) is 0.523. The summed E-state index contributed by atoms with van der Waals surface area (Å²) < 4.78 is 0. The molecule has 0 unspecified atom stereocenters. The third-order valence-corrected chi connectivity index (χ3v) is 2.83. The van der Waals surface area contributed by atoms with Gasteiger partial charge in [0.1, 0.15) is 0 Å². The van der Waals surface area contributed by atoms with Gasteiger partial charge in [-0.3, -0.25) is 0 Å². The van der Waals surface area contributed by atoms with Crippen molar-refractivity contribution in [3.8, 4) is 0 Å². The molecule has 0 nitrogen and oxygen atoms in total. The Morgan fingerprint density at radius 3 is 2.53 bits per heavy atom. The van der Waals surface area contributed by atoms with Gasteiger partial charge in [0.2, 0.25) is 0 Å². The van der Waals surface area contributed by atoms with Gasteiger partial charge in [-0.1, -0.05) is 60.9 Å². The SMILES string of the molecule is C/C=C\C(=C/C)CCC1=CCCC(C)=C1.CC. The third-order valence-electron chi connectivity index (χ3n) is 2.83.